The van der Waals surface area contributed by atoms with Crippen LogP contribution in [0.25, 0.3) is 0 Å². The summed E-state index contributed by atoms with van der Waals surface area (Å²) in [7, 11) is 0. The van der Waals surface area contributed by atoms with Gasteiger partial charge in [-0.25, -0.2) is 5.43 Å². The largest absolute Gasteiger partial charge is 0.484 e. The van der Waals surface area contributed by atoms with Crippen molar-refractivity contribution in [1.82, 2.24) is 5.43 Å². The van der Waals surface area contributed by atoms with E-state index in [0.29, 0.717) is 22.0 Å². The number of nitrogens with one attached hydrogen (secondary N) is 2. The standard InChI is InChI=1S/C27H28ClN3O3/c1-18-23(28)6-5-7-24(18)30-26(33)20-10-14-22(15-11-20)34-17-25(32)31-29-16-19-8-12-21(13-9-19)27(2,3)4/h5-16H,17H2,1-4H3,(H,30,33)(H,31,32)/b29-16-. The Labute approximate surface area is 205 Å². The quantitative estimate of drug-likeness (QED) is 0.337. The van der Waals surface area contributed by atoms with Gasteiger partial charge in [-0.3, -0.25) is 9.59 Å². The lowest BCUT2D eigenvalue weighted by Crippen LogP contribution is -2.24. The summed E-state index contributed by atoms with van der Waals surface area (Å²) in [6.07, 6.45) is 1.58. The van der Waals surface area contributed by atoms with Crippen LogP contribution in [-0.2, 0) is 10.2 Å². The van der Waals surface area contributed by atoms with Crippen molar-refractivity contribution in [3.8, 4) is 5.75 Å². The summed E-state index contributed by atoms with van der Waals surface area (Å²) in [5.41, 5.74) is 6.55. The van der Waals surface area contributed by atoms with E-state index in [1.54, 1.807) is 48.7 Å². The first-order chi connectivity index (χ1) is 16.1. The summed E-state index contributed by atoms with van der Waals surface area (Å²) in [5.74, 6) is -0.187. The fraction of sp³-hybridized carbons (Fsp3) is 0.222. The maximum atomic E-state index is 12.5. The average Bonchev–Trinajstić information content (AvgIpc) is 2.81. The number of benzene rings is 3. The minimum atomic E-state index is -0.388. The molecule has 0 aliphatic rings. The molecule has 0 heterocycles. The highest BCUT2D eigenvalue weighted by Crippen LogP contribution is 2.24. The Morgan fingerprint density at radius 2 is 1.68 bits per heavy atom. The van der Waals surface area contributed by atoms with Crippen LogP contribution in [0.2, 0.25) is 5.02 Å². The van der Waals surface area contributed by atoms with Gasteiger partial charge in [-0.1, -0.05) is 62.7 Å². The second-order valence-electron chi connectivity index (χ2n) is 8.84. The average molecular weight is 478 g/mol. The number of nitrogens with zero attached hydrogens (tertiary/aromatic N) is 1. The molecule has 0 fully saturated rings. The molecule has 0 saturated heterocycles. The highest BCUT2D eigenvalue weighted by Gasteiger charge is 2.12. The van der Waals surface area contributed by atoms with E-state index in [1.165, 1.54) is 5.56 Å². The molecule has 0 aliphatic carbocycles. The van der Waals surface area contributed by atoms with Gasteiger partial charge in [0.15, 0.2) is 6.61 Å². The molecule has 0 atom stereocenters. The van der Waals surface area contributed by atoms with Crippen LogP contribution in [-0.4, -0.2) is 24.6 Å². The summed E-state index contributed by atoms with van der Waals surface area (Å²) in [6, 6.07) is 19.9. The van der Waals surface area contributed by atoms with Gasteiger partial charge in [0.1, 0.15) is 5.75 Å². The number of halogens is 1. The van der Waals surface area contributed by atoms with E-state index in [2.05, 4.69) is 36.6 Å². The number of rotatable bonds is 7. The second-order valence-corrected chi connectivity index (χ2v) is 9.25. The van der Waals surface area contributed by atoms with Crippen LogP contribution in [0.5, 0.6) is 5.75 Å². The first-order valence-electron chi connectivity index (χ1n) is 10.9. The zero-order valence-corrected chi connectivity index (χ0v) is 20.4. The van der Waals surface area contributed by atoms with Gasteiger partial charge in [0.2, 0.25) is 0 Å². The molecule has 6 nitrogen and oxygen atoms in total. The lowest BCUT2D eigenvalue weighted by atomic mass is 9.87. The molecule has 0 saturated carbocycles. The van der Waals surface area contributed by atoms with Crippen LogP contribution in [0.4, 0.5) is 5.69 Å². The monoisotopic (exact) mass is 477 g/mol. The maximum Gasteiger partial charge on any atom is 0.277 e. The number of hydrogen-bond acceptors (Lipinski definition) is 4. The van der Waals surface area contributed by atoms with Crippen molar-refractivity contribution in [2.45, 2.75) is 33.1 Å². The van der Waals surface area contributed by atoms with Crippen LogP contribution in [0, 0.1) is 6.92 Å². The van der Waals surface area contributed by atoms with Crippen molar-refractivity contribution in [1.29, 1.82) is 0 Å². The third-order valence-corrected chi connectivity index (χ3v) is 5.59. The zero-order valence-electron chi connectivity index (χ0n) is 19.7. The van der Waals surface area contributed by atoms with E-state index in [4.69, 9.17) is 16.3 Å². The minimum absolute atomic E-state index is 0.0818. The van der Waals surface area contributed by atoms with Gasteiger partial charge in [-0.05, 0) is 65.4 Å². The molecule has 34 heavy (non-hydrogen) atoms. The molecule has 0 aromatic heterocycles. The van der Waals surface area contributed by atoms with Crippen molar-refractivity contribution in [2.24, 2.45) is 5.10 Å². The Hall–Kier alpha value is -3.64. The summed E-state index contributed by atoms with van der Waals surface area (Å²) in [6.45, 7) is 8.10. The van der Waals surface area contributed by atoms with Gasteiger partial charge in [-0.2, -0.15) is 5.10 Å². The number of carbonyl (C=O) groups excluding carboxylic acids is 2. The molecular weight excluding hydrogens is 450 g/mol. The van der Waals surface area contributed by atoms with Crippen LogP contribution < -0.4 is 15.5 Å². The Morgan fingerprint density at radius 1 is 1.00 bits per heavy atom. The molecule has 7 heteroatoms. The summed E-state index contributed by atoms with van der Waals surface area (Å²) < 4.78 is 5.48. The summed E-state index contributed by atoms with van der Waals surface area (Å²) in [4.78, 5) is 24.5. The van der Waals surface area contributed by atoms with Crippen molar-refractivity contribution >= 4 is 35.3 Å². The Bertz CT molecular complexity index is 1180. The summed E-state index contributed by atoms with van der Waals surface area (Å²) in [5, 5.41) is 7.39. The summed E-state index contributed by atoms with van der Waals surface area (Å²) >= 11 is 6.10. The molecule has 2 N–H and O–H groups in total. The van der Waals surface area contributed by atoms with Crippen molar-refractivity contribution in [2.75, 3.05) is 11.9 Å². The number of amides is 2. The molecule has 0 radical (unpaired) electrons. The lowest BCUT2D eigenvalue weighted by molar-refractivity contribution is -0.123. The van der Waals surface area contributed by atoms with Crippen molar-refractivity contribution in [3.05, 3.63) is 94.0 Å². The van der Waals surface area contributed by atoms with Gasteiger partial charge < -0.3 is 10.1 Å². The molecular formula is C27H28ClN3O3. The van der Waals surface area contributed by atoms with E-state index < -0.39 is 0 Å². The van der Waals surface area contributed by atoms with E-state index in [0.717, 1.165) is 11.1 Å². The van der Waals surface area contributed by atoms with Gasteiger partial charge in [0, 0.05) is 16.3 Å². The van der Waals surface area contributed by atoms with Crippen LogP contribution >= 0.6 is 11.6 Å². The molecule has 3 aromatic rings. The van der Waals surface area contributed by atoms with Crippen LogP contribution in [0.15, 0.2) is 71.8 Å². The molecule has 0 bridgehead atoms. The van der Waals surface area contributed by atoms with Gasteiger partial charge in [0.05, 0.1) is 6.21 Å². The Kier molecular flexibility index (Phi) is 8.08. The zero-order chi connectivity index (χ0) is 24.7. The first-order valence-corrected chi connectivity index (χ1v) is 11.2. The molecule has 2 amide bonds. The number of anilines is 1. The molecule has 0 aliphatic heterocycles. The van der Waals surface area contributed by atoms with Crippen molar-refractivity contribution in [3.63, 3.8) is 0 Å². The normalized spacial score (nSPS) is 11.3. The van der Waals surface area contributed by atoms with Gasteiger partial charge >= 0.3 is 0 Å². The number of carbonyl (C=O) groups is 2. The predicted molar refractivity (Wildman–Crippen MR) is 137 cm³/mol. The van der Waals surface area contributed by atoms with E-state index in [-0.39, 0.29) is 23.8 Å². The Balaban J connectivity index is 1.47. The highest BCUT2D eigenvalue weighted by atomic mass is 35.5. The number of hydrogen-bond donors (Lipinski definition) is 2. The van der Waals surface area contributed by atoms with Crippen molar-refractivity contribution < 1.29 is 14.3 Å². The molecule has 0 unspecified atom stereocenters. The molecule has 3 rings (SSSR count). The second kappa shape index (κ2) is 11.0. The SMILES string of the molecule is Cc1c(Cl)cccc1NC(=O)c1ccc(OCC(=O)N/N=C\c2ccc(C(C)(C)C)cc2)cc1. The Morgan fingerprint density at radius 3 is 2.32 bits per heavy atom. The minimum Gasteiger partial charge on any atom is -0.484 e. The van der Waals surface area contributed by atoms with E-state index in [1.807, 2.05) is 31.2 Å². The maximum absolute atomic E-state index is 12.5. The van der Waals surface area contributed by atoms with Gasteiger partial charge in [-0.15, -0.1) is 0 Å². The van der Waals surface area contributed by atoms with Gasteiger partial charge in [0.25, 0.3) is 11.8 Å². The third kappa shape index (κ3) is 6.93. The third-order valence-electron chi connectivity index (χ3n) is 5.18. The molecule has 3 aromatic carbocycles. The fourth-order valence-corrected chi connectivity index (χ4v) is 3.24. The highest BCUT2D eigenvalue weighted by molar-refractivity contribution is 6.31. The fourth-order valence-electron chi connectivity index (χ4n) is 3.07. The predicted octanol–water partition coefficient (Wildman–Crippen LogP) is 5.73. The van der Waals surface area contributed by atoms with E-state index in [9.17, 15) is 9.59 Å². The topological polar surface area (TPSA) is 79.8 Å². The number of ether oxygens (including phenoxy) is 1. The molecule has 176 valence electrons. The number of hydrazone groups is 1. The van der Waals surface area contributed by atoms with E-state index >= 15 is 0 Å². The first kappa shape index (κ1) is 25.0. The lowest BCUT2D eigenvalue weighted by Gasteiger charge is -2.18. The smallest absolute Gasteiger partial charge is 0.277 e. The van der Waals surface area contributed by atoms with Crippen LogP contribution in [0.3, 0.4) is 0 Å². The molecule has 0 spiro atoms. The van der Waals surface area contributed by atoms with Crippen LogP contribution in [0.1, 0.15) is 47.8 Å².